The van der Waals surface area contributed by atoms with Crippen LogP contribution in [0.25, 0.3) is 17.0 Å². The third-order valence-corrected chi connectivity index (χ3v) is 8.07. The number of nitrogens with two attached hydrogens (primary N) is 1. The van der Waals surface area contributed by atoms with Crippen LogP contribution in [0.2, 0.25) is 0 Å². The molecule has 4 N–H and O–H groups in total. The fraction of sp³-hybridized carbons (Fsp3) is 0.531. The number of primary amides is 1. The Morgan fingerprint density at radius 3 is 2.60 bits per heavy atom. The molecule has 1 aromatic carbocycles. The number of rotatable bonds is 10. The first-order valence-electron chi connectivity index (χ1n) is 15.0. The van der Waals surface area contributed by atoms with Gasteiger partial charge in [0.05, 0.1) is 10.9 Å². The topological polar surface area (TPSA) is 153 Å². The van der Waals surface area contributed by atoms with Gasteiger partial charge in [-0.05, 0) is 70.6 Å². The molecule has 1 aromatic heterocycles. The minimum atomic E-state index is -1.09. The summed E-state index contributed by atoms with van der Waals surface area (Å²) in [5, 5.41) is 5.08. The van der Waals surface area contributed by atoms with Gasteiger partial charge >= 0.3 is 5.97 Å². The highest BCUT2D eigenvalue weighted by Gasteiger charge is 2.39. The van der Waals surface area contributed by atoms with E-state index >= 15 is 0 Å². The van der Waals surface area contributed by atoms with Gasteiger partial charge in [0.1, 0.15) is 12.1 Å². The summed E-state index contributed by atoms with van der Waals surface area (Å²) >= 11 is 0. The van der Waals surface area contributed by atoms with Gasteiger partial charge in [-0.2, -0.15) is 0 Å². The van der Waals surface area contributed by atoms with Gasteiger partial charge in [0.25, 0.3) is 11.8 Å². The second kappa shape index (κ2) is 14.1. The smallest absolute Gasteiger partial charge is 0.316 e. The third kappa shape index (κ3) is 8.17. The van der Waals surface area contributed by atoms with Gasteiger partial charge in [0, 0.05) is 36.8 Å². The largest absolute Gasteiger partial charge is 0.451 e. The predicted molar refractivity (Wildman–Crippen MR) is 162 cm³/mol. The fourth-order valence-electron chi connectivity index (χ4n) is 5.24. The number of fused-ring (bicyclic) bond motifs is 1. The van der Waals surface area contributed by atoms with Gasteiger partial charge in [-0.15, -0.1) is 0 Å². The number of amides is 3. The van der Waals surface area contributed by atoms with Gasteiger partial charge in [0.15, 0.2) is 6.10 Å². The van der Waals surface area contributed by atoms with Crippen LogP contribution < -0.4 is 16.5 Å². The number of aryl methyl sites for hydroxylation is 1. The van der Waals surface area contributed by atoms with Crippen molar-refractivity contribution in [3.05, 3.63) is 47.7 Å². The van der Waals surface area contributed by atoms with Crippen molar-refractivity contribution in [3.8, 4) is 0 Å². The van der Waals surface area contributed by atoms with Crippen LogP contribution in [0.4, 0.5) is 0 Å². The maximum absolute atomic E-state index is 13.5. The molecule has 2 aliphatic rings. The number of esters is 1. The van der Waals surface area contributed by atoms with Crippen molar-refractivity contribution in [1.82, 2.24) is 20.7 Å². The first kappa shape index (κ1) is 32.1. The van der Waals surface area contributed by atoms with Crippen molar-refractivity contribution in [1.29, 1.82) is 0 Å². The quantitative estimate of drug-likeness (QED) is 0.356. The van der Waals surface area contributed by atoms with E-state index in [9.17, 15) is 19.2 Å². The molecule has 0 spiro atoms. The normalized spacial score (nSPS) is 19.6. The van der Waals surface area contributed by atoms with Crippen LogP contribution in [0.15, 0.2) is 36.4 Å². The zero-order valence-electron chi connectivity index (χ0n) is 25.4. The van der Waals surface area contributed by atoms with Crippen LogP contribution in [0.1, 0.15) is 64.6 Å². The SMILES string of the molecule is CCc1ccc2ccc(/C=C/C(C)(C)C(=O)OC(C(=O)NC(C)C(=O)N3CCCC(C(N)=O)N3)C3CCOCC3)cc2n1. The Hall–Kier alpha value is -3.83. The summed E-state index contributed by atoms with van der Waals surface area (Å²) in [7, 11) is 0. The summed E-state index contributed by atoms with van der Waals surface area (Å²) in [4.78, 5) is 56.4. The number of aromatic nitrogens is 1. The lowest BCUT2D eigenvalue weighted by atomic mass is 9.90. The van der Waals surface area contributed by atoms with Crippen molar-refractivity contribution in [2.45, 2.75) is 78.0 Å². The summed E-state index contributed by atoms with van der Waals surface area (Å²) in [6.07, 6.45) is 5.59. The summed E-state index contributed by atoms with van der Waals surface area (Å²) < 4.78 is 11.4. The summed E-state index contributed by atoms with van der Waals surface area (Å²) in [6.45, 7) is 8.38. The Morgan fingerprint density at radius 2 is 1.91 bits per heavy atom. The molecule has 232 valence electrons. The van der Waals surface area contributed by atoms with Gasteiger partial charge in [-0.1, -0.05) is 37.3 Å². The van der Waals surface area contributed by atoms with Crippen LogP contribution in [0.5, 0.6) is 0 Å². The zero-order valence-corrected chi connectivity index (χ0v) is 25.4. The molecule has 0 radical (unpaired) electrons. The minimum absolute atomic E-state index is 0.258. The molecule has 2 aromatic rings. The number of hydrazine groups is 1. The van der Waals surface area contributed by atoms with Crippen molar-refractivity contribution < 1.29 is 28.7 Å². The second-order valence-electron chi connectivity index (χ2n) is 11.9. The Morgan fingerprint density at radius 1 is 1.19 bits per heavy atom. The molecule has 43 heavy (non-hydrogen) atoms. The predicted octanol–water partition coefficient (Wildman–Crippen LogP) is 2.66. The Kier molecular flexibility index (Phi) is 10.5. The van der Waals surface area contributed by atoms with Gasteiger partial charge < -0.3 is 20.5 Å². The lowest BCUT2D eigenvalue weighted by Gasteiger charge is -2.35. The lowest BCUT2D eigenvalue weighted by Crippen LogP contribution is -2.61. The fourth-order valence-corrected chi connectivity index (χ4v) is 5.24. The van der Waals surface area contributed by atoms with Crippen molar-refractivity contribution in [2.24, 2.45) is 17.1 Å². The minimum Gasteiger partial charge on any atom is -0.451 e. The Bertz CT molecular complexity index is 1370. The van der Waals surface area contributed by atoms with E-state index in [0.29, 0.717) is 45.4 Å². The lowest BCUT2D eigenvalue weighted by molar-refractivity contribution is -0.168. The van der Waals surface area contributed by atoms with Crippen molar-refractivity contribution in [3.63, 3.8) is 0 Å². The van der Waals surface area contributed by atoms with E-state index in [1.54, 1.807) is 26.8 Å². The maximum atomic E-state index is 13.5. The number of nitrogens with one attached hydrogen (secondary N) is 2. The highest BCUT2D eigenvalue weighted by Crippen LogP contribution is 2.27. The monoisotopic (exact) mass is 593 g/mol. The molecule has 3 heterocycles. The van der Waals surface area contributed by atoms with E-state index in [-0.39, 0.29) is 5.92 Å². The number of ether oxygens (including phenoxy) is 2. The molecule has 3 unspecified atom stereocenters. The number of benzene rings is 1. The Balaban J connectivity index is 1.45. The van der Waals surface area contributed by atoms with E-state index in [1.807, 2.05) is 36.4 Å². The maximum Gasteiger partial charge on any atom is 0.316 e. The molecule has 11 heteroatoms. The standard InChI is InChI=1S/C32H43N5O6/c1-5-24-11-10-22-9-8-21(19-26(22)35-24)12-15-32(3,4)31(41)43-27(23-13-17-42-18-14-23)29(39)34-20(2)30(40)37-16-6-7-25(36-37)28(33)38/h8-12,15,19-20,23,25,27,36H,5-7,13-14,16-18H2,1-4H3,(H2,33,38)(H,34,39)/b15-12+. The molecular formula is C32H43N5O6. The molecule has 2 fully saturated rings. The van der Waals surface area contributed by atoms with Gasteiger partial charge in [-0.3, -0.25) is 29.2 Å². The third-order valence-electron chi connectivity index (χ3n) is 8.07. The molecule has 3 atom stereocenters. The van der Waals surface area contributed by atoms with E-state index in [1.165, 1.54) is 5.01 Å². The number of hydrogen-bond donors (Lipinski definition) is 3. The molecule has 4 rings (SSSR count). The highest BCUT2D eigenvalue weighted by atomic mass is 16.6. The average Bonchev–Trinajstić information content (AvgIpc) is 3.02. The van der Waals surface area contributed by atoms with E-state index in [4.69, 9.17) is 15.2 Å². The number of hydrogen-bond acceptors (Lipinski definition) is 8. The second-order valence-corrected chi connectivity index (χ2v) is 11.9. The molecule has 11 nitrogen and oxygen atoms in total. The molecular weight excluding hydrogens is 550 g/mol. The van der Waals surface area contributed by atoms with Gasteiger partial charge in [0.2, 0.25) is 5.91 Å². The molecule has 0 saturated carbocycles. The number of pyridine rings is 1. The van der Waals surface area contributed by atoms with Crippen molar-refractivity contribution >= 4 is 40.7 Å². The van der Waals surface area contributed by atoms with Crippen LogP contribution in [-0.2, 0) is 35.1 Å². The number of carbonyl (C=O) groups excluding carboxylic acids is 4. The number of nitrogens with zero attached hydrogens (tertiary/aromatic N) is 2. The van der Waals surface area contributed by atoms with Gasteiger partial charge in [-0.25, -0.2) is 5.43 Å². The summed E-state index contributed by atoms with van der Waals surface area (Å²) in [5.41, 5.74) is 9.98. The first-order chi connectivity index (χ1) is 20.5. The molecule has 2 aliphatic heterocycles. The first-order valence-corrected chi connectivity index (χ1v) is 15.0. The summed E-state index contributed by atoms with van der Waals surface area (Å²) in [5.74, 6) is -2.30. The van der Waals surface area contributed by atoms with E-state index < -0.39 is 47.3 Å². The molecule has 3 amide bonds. The summed E-state index contributed by atoms with van der Waals surface area (Å²) in [6, 6.07) is 8.43. The van der Waals surface area contributed by atoms with Crippen molar-refractivity contribution in [2.75, 3.05) is 19.8 Å². The average molecular weight is 594 g/mol. The van der Waals surface area contributed by atoms with Crippen LogP contribution in [-0.4, -0.2) is 71.6 Å². The van der Waals surface area contributed by atoms with Crippen LogP contribution in [0.3, 0.4) is 0 Å². The van der Waals surface area contributed by atoms with E-state index in [2.05, 4.69) is 22.7 Å². The Labute approximate surface area is 252 Å². The number of carbonyl (C=O) groups is 4. The van der Waals surface area contributed by atoms with Crippen LogP contribution in [0, 0.1) is 11.3 Å². The molecule has 0 bridgehead atoms. The highest BCUT2D eigenvalue weighted by molar-refractivity contribution is 5.91. The van der Waals surface area contributed by atoms with E-state index in [0.717, 1.165) is 28.6 Å². The zero-order chi connectivity index (χ0) is 31.1. The van der Waals surface area contributed by atoms with Crippen LogP contribution >= 0.6 is 0 Å². The molecule has 2 saturated heterocycles. The molecule has 0 aliphatic carbocycles.